The summed E-state index contributed by atoms with van der Waals surface area (Å²) in [5.74, 6) is 1.62. The lowest BCUT2D eigenvalue weighted by Gasteiger charge is -2.12. The molecule has 0 unspecified atom stereocenters. The molecule has 130 valence electrons. The molecule has 0 bridgehead atoms. The maximum absolute atomic E-state index is 5.64. The highest BCUT2D eigenvalue weighted by molar-refractivity contribution is 14.0. The van der Waals surface area contributed by atoms with Gasteiger partial charge in [0.1, 0.15) is 12.4 Å². The molecule has 0 aliphatic carbocycles. The molecule has 2 N–H and O–H groups in total. The lowest BCUT2D eigenvalue weighted by atomic mass is 10.2. The number of benzene rings is 1. The molecule has 0 fully saturated rings. The number of halogens is 1. The molecule has 23 heavy (non-hydrogen) atoms. The largest absolute Gasteiger partial charge is 0.489 e. The summed E-state index contributed by atoms with van der Waals surface area (Å²) in [5.41, 5.74) is 1.05. The van der Waals surface area contributed by atoms with Gasteiger partial charge in [-0.05, 0) is 19.9 Å². The van der Waals surface area contributed by atoms with Crippen LogP contribution in [0.25, 0.3) is 0 Å². The molecule has 6 heteroatoms. The van der Waals surface area contributed by atoms with Crippen LogP contribution in [0.1, 0.15) is 19.4 Å². The van der Waals surface area contributed by atoms with E-state index in [9.17, 15) is 0 Å². The van der Waals surface area contributed by atoms with Gasteiger partial charge in [-0.2, -0.15) is 0 Å². The number of nitrogens with zero attached hydrogens (tertiary/aromatic N) is 1. The first-order valence-electron chi connectivity index (χ1n) is 7.73. The molecule has 1 aromatic carbocycles. The Morgan fingerprint density at radius 2 is 2.04 bits per heavy atom. The number of hydrogen-bond acceptors (Lipinski definition) is 3. The minimum absolute atomic E-state index is 0. The second-order valence-electron chi connectivity index (χ2n) is 4.53. The van der Waals surface area contributed by atoms with Crippen molar-refractivity contribution < 1.29 is 9.47 Å². The number of aliphatic imine (C=N–C) groups is 1. The monoisotopic (exact) mass is 433 g/mol. The Hall–Kier alpha value is -1.28. The number of nitrogens with one attached hydrogen (secondary N) is 2. The molecule has 0 spiro atoms. The molecule has 0 aromatic heterocycles. The standard InChI is InChI=1S/C17H27N3O2.HI/c1-4-12-22-16-10-8-7-9-15(16)14-20-17(18-5-2)19-11-13-21-6-3;/h4,7-10H,1,5-6,11-14H2,2-3H3,(H2,18,19,20);1H. The maximum Gasteiger partial charge on any atom is 0.191 e. The summed E-state index contributed by atoms with van der Waals surface area (Å²) < 4.78 is 11.0. The first-order chi connectivity index (χ1) is 10.8. The fraction of sp³-hybridized carbons (Fsp3) is 0.471. The Labute approximate surface area is 156 Å². The van der Waals surface area contributed by atoms with Crippen molar-refractivity contribution in [2.24, 2.45) is 4.99 Å². The Kier molecular flexibility index (Phi) is 13.5. The second-order valence-corrected chi connectivity index (χ2v) is 4.53. The Morgan fingerprint density at radius 3 is 2.74 bits per heavy atom. The van der Waals surface area contributed by atoms with Crippen LogP contribution in [-0.2, 0) is 11.3 Å². The molecule has 0 radical (unpaired) electrons. The number of hydrogen-bond donors (Lipinski definition) is 2. The summed E-state index contributed by atoms with van der Waals surface area (Å²) in [5, 5.41) is 6.46. The molecule has 0 amide bonds. The first-order valence-corrected chi connectivity index (χ1v) is 7.73. The number of ether oxygens (including phenoxy) is 2. The van der Waals surface area contributed by atoms with E-state index in [1.807, 2.05) is 38.1 Å². The minimum atomic E-state index is 0. The Morgan fingerprint density at radius 1 is 1.26 bits per heavy atom. The molecule has 0 aliphatic heterocycles. The van der Waals surface area contributed by atoms with Gasteiger partial charge in [-0.3, -0.25) is 0 Å². The van der Waals surface area contributed by atoms with Gasteiger partial charge in [0.2, 0.25) is 0 Å². The van der Waals surface area contributed by atoms with Crippen LogP contribution in [0.2, 0.25) is 0 Å². The predicted octanol–water partition coefficient (Wildman–Crippen LogP) is 2.96. The van der Waals surface area contributed by atoms with E-state index in [1.165, 1.54) is 0 Å². The lowest BCUT2D eigenvalue weighted by molar-refractivity contribution is 0.152. The molecule has 0 atom stereocenters. The molecule has 0 saturated carbocycles. The highest BCUT2D eigenvalue weighted by Crippen LogP contribution is 2.18. The fourth-order valence-electron chi connectivity index (χ4n) is 1.82. The van der Waals surface area contributed by atoms with Crippen molar-refractivity contribution >= 4 is 29.9 Å². The van der Waals surface area contributed by atoms with Crippen molar-refractivity contribution in [3.8, 4) is 5.75 Å². The quantitative estimate of drug-likeness (QED) is 0.196. The van der Waals surface area contributed by atoms with Crippen molar-refractivity contribution in [1.82, 2.24) is 10.6 Å². The number of rotatable bonds is 10. The fourth-order valence-corrected chi connectivity index (χ4v) is 1.82. The number of guanidine groups is 1. The average Bonchev–Trinajstić information content (AvgIpc) is 2.55. The zero-order valence-corrected chi connectivity index (χ0v) is 16.3. The van der Waals surface area contributed by atoms with Crippen molar-refractivity contribution in [3.05, 3.63) is 42.5 Å². The zero-order chi connectivity index (χ0) is 16.0. The third-order valence-corrected chi connectivity index (χ3v) is 2.82. The van der Waals surface area contributed by atoms with Crippen LogP contribution in [0.5, 0.6) is 5.75 Å². The van der Waals surface area contributed by atoms with Crippen LogP contribution >= 0.6 is 24.0 Å². The topological polar surface area (TPSA) is 54.9 Å². The average molecular weight is 433 g/mol. The highest BCUT2D eigenvalue weighted by atomic mass is 127. The summed E-state index contributed by atoms with van der Waals surface area (Å²) in [7, 11) is 0. The smallest absolute Gasteiger partial charge is 0.191 e. The molecular weight excluding hydrogens is 405 g/mol. The van der Waals surface area contributed by atoms with Crippen molar-refractivity contribution in [2.45, 2.75) is 20.4 Å². The highest BCUT2D eigenvalue weighted by Gasteiger charge is 2.03. The zero-order valence-electron chi connectivity index (χ0n) is 14.0. The molecule has 5 nitrogen and oxygen atoms in total. The third-order valence-electron chi connectivity index (χ3n) is 2.82. The van der Waals surface area contributed by atoms with Crippen LogP contribution in [0.4, 0.5) is 0 Å². The summed E-state index contributed by atoms with van der Waals surface area (Å²) in [6.45, 7) is 11.7. The van der Waals surface area contributed by atoms with E-state index in [-0.39, 0.29) is 24.0 Å². The van der Waals surface area contributed by atoms with E-state index >= 15 is 0 Å². The Balaban J connectivity index is 0.00000484. The van der Waals surface area contributed by atoms with E-state index in [4.69, 9.17) is 9.47 Å². The van der Waals surface area contributed by atoms with Gasteiger partial charge in [0.25, 0.3) is 0 Å². The summed E-state index contributed by atoms with van der Waals surface area (Å²) >= 11 is 0. The minimum Gasteiger partial charge on any atom is -0.489 e. The van der Waals surface area contributed by atoms with E-state index in [1.54, 1.807) is 6.08 Å². The molecule has 1 rings (SSSR count). The van der Waals surface area contributed by atoms with E-state index in [0.29, 0.717) is 19.8 Å². The number of para-hydroxylation sites is 1. The molecular formula is C17H28IN3O2. The molecule has 0 heterocycles. The van der Waals surface area contributed by atoms with Gasteiger partial charge in [0.15, 0.2) is 5.96 Å². The van der Waals surface area contributed by atoms with Crippen LogP contribution in [0.3, 0.4) is 0 Å². The molecule has 0 saturated heterocycles. The Bertz CT molecular complexity index is 467. The summed E-state index contributed by atoms with van der Waals surface area (Å²) in [4.78, 5) is 4.58. The second kappa shape index (κ2) is 14.3. The van der Waals surface area contributed by atoms with Gasteiger partial charge in [0, 0.05) is 25.3 Å². The van der Waals surface area contributed by atoms with Crippen LogP contribution in [-0.4, -0.2) is 38.9 Å². The van der Waals surface area contributed by atoms with Crippen LogP contribution < -0.4 is 15.4 Å². The summed E-state index contributed by atoms with van der Waals surface area (Å²) in [6.07, 6.45) is 1.74. The van der Waals surface area contributed by atoms with Gasteiger partial charge in [0.05, 0.1) is 13.2 Å². The third kappa shape index (κ3) is 9.45. The van der Waals surface area contributed by atoms with Gasteiger partial charge in [-0.1, -0.05) is 30.9 Å². The maximum atomic E-state index is 5.64. The van der Waals surface area contributed by atoms with E-state index in [0.717, 1.165) is 37.0 Å². The van der Waals surface area contributed by atoms with Crippen LogP contribution in [0, 0.1) is 0 Å². The van der Waals surface area contributed by atoms with Crippen molar-refractivity contribution in [2.75, 3.05) is 32.9 Å². The normalized spacial score (nSPS) is 10.6. The predicted molar refractivity (Wildman–Crippen MR) is 107 cm³/mol. The van der Waals surface area contributed by atoms with Gasteiger partial charge >= 0.3 is 0 Å². The van der Waals surface area contributed by atoms with E-state index in [2.05, 4.69) is 22.2 Å². The van der Waals surface area contributed by atoms with Gasteiger partial charge < -0.3 is 20.1 Å². The van der Waals surface area contributed by atoms with Crippen molar-refractivity contribution in [1.29, 1.82) is 0 Å². The van der Waals surface area contributed by atoms with Gasteiger partial charge in [-0.15, -0.1) is 24.0 Å². The van der Waals surface area contributed by atoms with Crippen molar-refractivity contribution in [3.63, 3.8) is 0 Å². The lowest BCUT2D eigenvalue weighted by Crippen LogP contribution is -2.39. The molecule has 0 aliphatic rings. The van der Waals surface area contributed by atoms with E-state index < -0.39 is 0 Å². The first kappa shape index (κ1) is 21.7. The van der Waals surface area contributed by atoms with Gasteiger partial charge in [-0.25, -0.2) is 4.99 Å². The molecule has 1 aromatic rings. The van der Waals surface area contributed by atoms with Crippen LogP contribution in [0.15, 0.2) is 41.9 Å². The summed E-state index contributed by atoms with van der Waals surface area (Å²) in [6, 6.07) is 7.91. The SMILES string of the molecule is C=CCOc1ccccc1CN=C(NCC)NCCOCC.I.